The molecule has 2 aromatic rings. The third-order valence-corrected chi connectivity index (χ3v) is 5.90. The number of fused-ring (bicyclic) bond motifs is 4. The second-order valence-corrected chi connectivity index (χ2v) is 7.06. The minimum atomic E-state index is -0.525. The summed E-state index contributed by atoms with van der Waals surface area (Å²) < 4.78 is 0. The van der Waals surface area contributed by atoms with E-state index in [0.717, 1.165) is 47.8 Å². The highest BCUT2D eigenvalue weighted by molar-refractivity contribution is 5.83. The van der Waals surface area contributed by atoms with Crippen LogP contribution in [0.1, 0.15) is 37.9 Å². The molecule has 1 aromatic carbocycles. The van der Waals surface area contributed by atoms with Crippen molar-refractivity contribution < 1.29 is 10.2 Å². The number of aliphatic hydroxyl groups is 1. The zero-order valence-electron chi connectivity index (χ0n) is 13.5. The number of phenols is 1. The van der Waals surface area contributed by atoms with Gasteiger partial charge in [-0.15, -0.1) is 0 Å². The monoisotopic (exact) mass is 312 g/mol. The predicted octanol–water partition coefficient (Wildman–Crippen LogP) is 3.09. The largest absolute Gasteiger partial charge is 0.508 e. The van der Waals surface area contributed by atoms with Crippen LogP contribution in [0.25, 0.3) is 10.9 Å². The summed E-state index contributed by atoms with van der Waals surface area (Å²) in [6.45, 7) is 4.48. The van der Waals surface area contributed by atoms with Gasteiger partial charge >= 0.3 is 0 Å². The Morgan fingerprint density at radius 1 is 1.35 bits per heavy atom. The number of hydrogen-bond acceptors (Lipinski definition) is 4. The lowest BCUT2D eigenvalue weighted by Crippen LogP contribution is -2.55. The molecule has 0 aliphatic carbocycles. The molecule has 4 heteroatoms. The van der Waals surface area contributed by atoms with Crippen molar-refractivity contribution in [3.63, 3.8) is 0 Å². The van der Waals surface area contributed by atoms with Crippen LogP contribution >= 0.6 is 0 Å². The van der Waals surface area contributed by atoms with E-state index in [1.807, 2.05) is 6.07 Å². The van der Waals surface area contributed by atoms with E-state index in [-0.39, 0.29) is 11.8 Å². The zero-order valence-corrected chi connectivity index (χ0v) is 13.5. The van der Waals surface area contributed by atoms with Gasteiger partial charge in [0.2, 0.25) is 0 Å². The highest BCUT2D eigenvalue weighted by Crippen LogP contribution is 2.42. The molecule has 0 amide bonds. The molecule has 4 heterocycles. The fraction of sp³-hybridized carbons (Fsp3) is 0.526. The van der Waals surface area contributed by atoms with Crippen molar-refractivity contribution in [2.45, 2.75) is 38.3 Å². The average molecular weight is 312 g/mol. The Bertz CT molecular complexity index is 718. The van der Waals surface area contributed by atoms with E-state index >= 15 is 0 Å². The maximum absolute atomic E-state index is 11.1. The first-order valence-corrected chi connectivity index (χ1v) is 8.67. The molecule has 5 atom stereocenters. The summed E-state index contributed by atoms with van der Waals surface area (Å²) >= 11 is 0. The summed E-state index contributed by atoms with van der Waals surface area (Å²) in [5.74, 6) is 1.74. The van der Waals surface area contributed by atoms with E-state index in [4.69, 9.17) is 0 Å². The van der Waals surface area contributed by atoms with E-state index in [1.54, 1.807) is 24.4 Å². The molecule has 3 saturated heterocycles. The van der Waals surface area contributed by atoms with E-state index in [0.29, 0.717) is 0 Å². The van der Waals surface area contributed by atoms with Crippen molar-refractivity contribution in [3.8, 4) is 5.75 Å². The molecule has 2 N–H and O–H groups in total. The average Bonchev–Trinajstić information content (AvgIpc) is 2.60. The number of pyridine rings is 1. The number of nitrogens with zero attached hydrogens (tertiary/aromatic N) is 2. The first-order valence-electron chi connectivity index (χ1n) is 8.67. The first kappa shape index (κ1) is 14.9. The van der Waals surface area contributed by atoms with Gasteiger partial charge in [-0.25, -0.2) is 0 Å². The minimum absolute atomic E-state index is 0.185. The Morgan fingerprint density at radius 2 is 2.22 bits per heavy atom. The standard InChI is InChI=1S/C19H24N2O2/c1-2-12-11-21-8-6-13(12)9-18(21)19(23)15-5-7-20-17-4-3-14(22)10-16(15)17/h3-5,7,10,12-13,18-19,22-23H,2,6,8-9,11H2,1H3/t12?,13?,18?,19-/m0/s1. The van der Waals surface area contributed by atoms with Gasteiger partial charge in [-0.3, -0.25) is 9.88 Å². The Balaban J connectivity index is 1.68. The summed E-state index contributed by atoms with van der Waals surface area (Å²) in [5, 5.41) is 21.7. The Hall–Kier alpha value is -1.65. The smallest absolute Gasteiger partial charge is 0.116 e. The van der Waals surface area contributed by atoms with Crippen molar-refractivity contribution in [3.05, 3.63) is 36.0 Å². The van der Waals surface area contributed by atoms with E-state index in [2.05, 4.69) is 16.8 Å². The van der Waals surface area contributed by atoms with E-state index in [1.165, 1.54) is 12.8 Å². The van der Waals surface area contributed by atoms with Crippen LogP contribution in [0.5, 0.6) is 5.75 Å². The molecule has 23 heavy (non-hydrogen) atoms. The Labute approximate surface area is 136 Å². The number of aliphatic hydroxyl groups excluding tert-OH is 1. The predicted molar refractivity (Wildman–Crippen MR) is 90.2 cm³/mol. The summed E-state index contributed by atoms with van der Waals surface area (Å²) in [6, 6.07) is 7.24. The molecule has 0 saturated carbocycles. The van der Waals surface area contributed by atoms with Crippen LogP contribution in [0.3, 0.4) is 0 Å². The topological polar surface area (TPSA) is 56.6 Å². The fourth-order valence-electron chi connectivity index (χ4n) is 4.59. The third-order valence-electron chi connectivity index (χ3n) is 5.90. The van der Waals surface area contributed by atoms with Gasteiger partial charge in [0.1, 0.15) is 5.75 Å². The van der Waals surface area contributed by atoms with Gasteiger partial charge in [0.05, 0.1) is 11.6 Å². The van der Waals surface area contributed by atoms with Gasteiger partial charge < -0.3 is 10.2 Å². The SMILES string of the molecule is CCC1CN2CCC1CC2[C@@H](O)c1ccnc2ccc(O)cc12. The van der Waals surface area contributed by atoms with Gasteiger partial charge in [-0.1, -0.05) is 13.3 Å². The number of aromatic nitrogens is 1. The molecule has 0 radical (unpaired) electrons. The summed E-state index contributed by atoms with van der Waals surface area (Å²) in [4.78, 5) is 6.81. The third kappa shape index (κ3) is 2.50. The lowest BCUT2D eigenvalue weighted by atomic mass is 9.72. The zero-order chi connectivity index (χ0) is 16.0. The number of phenolic OH excluding ortho intramolecular Hbond substituents is 1. The van der Waals surface area contributed by atoms with E-state index in [9.17, 15) is 10.2 Å². The van der Waals surface area contributed by atoms with Crippen molar-refractivity contribution in [2.75, 3.05) is 13.1 Å². The molecule has 1 aromatic heterocycles. The summed E-state index contributed by atoms with van der Waals surface area (Å²) in [6.07, 6.45) is 4.80. The lowest BCUT2D eigenvalue weighted by Gasteiger charge is -2.51. The molecular weight excluding hydrogens is 288 g/mol. The van der Waals surface area contributed by atoms with Gasteiger partial charge in [0, 0.05) is 24.2 Å². The number of aromatic hydroxyl groups is 1. The molecule has 5 rings (SSSR count). The maximum atomic E-state index is 11.1. The maximum Gasteiger partial charge on any atom is 0.116 e. The van der Waals surface area contributed by atoms with Crippen LogP contribution in [-0.2, 0) is 0 Å². The summed E-state index contributed by atoms with van der Waals surface area (Å²) in [5.41, 5.74) is 1.71. The van der Waals surface area contributed by atoms with Crippen LogP contribution in [-0.4, -0.2) is 39.2 Å². The normalized spacial score (nSPS) is 31.4. The van der Waals surface area contributed by atoms with Crippen LogP contribution in [0, 0.1) is 11.8 Å². The van der Waals surface area contributed by atoms with Gasteiger partial charge in [0.25, 0.3) is 0 Å². The van der Waals surface area contributed by atoms with Crippen molar-refractivity contribution in [1.82, 2.24) is 9.88 Å². The Morgan fingerprint density at radius 3 is 2.96 bits per heavy atom. The van der Waals surface area contributed by atoms with Crippen molar-refractivity contribution in [1.29, 1.82) is 0 Å². The Kier molecular flexibility index (Phi) is 3.74. The van der Waals surface area contributed by atoms with Crippen molar-refractivity contribution >= 4 is 10.9 Å². The molecule has 3 fully saturated rings. The highest BCUT2D eigenvalue weighted by Gasteiger charge is 2.42. The molecule has 2 bridgehead atoms. The molecule has 122 valence electrons. The summed E-state index contributed by atoms with van der Waals surface area (Å²) in [7, 11) is 0. The number of hydrogen-bond donors (Lipinski definition) is 2. The molecule has 4 nitrogen and oxygen atoms in total. The quantitative estimate of drug-likeness (QED) is 0.914. The van der Waals surface area contributed by atoms with Gasteiger partial charge in [-0.05, 0) is 61.1 Å². The number of piperidine rings is 3. The lowest BCUT2D eigenvalue weighted by molar-refractivity contribution is -0.0562. The minimum Gasteiger partial charge on any atom is -0.508 e. The van der Waals surface area contributed by atoms with Crippen LogP contribution in [0.4, 0.5) is 0 Å². The van der Waals surface area contributed by atoms with Gasteiger partial charge in [0.15, 0.2) is 0 Å². The van der Waals surface area contributed by atoms with Crippen LogP contribution in [0.15, 0.2) is 30.5 Å². The second-order valence-electron chi connectivity index (χ2n) is 7.06. The molecule has 3 aliphatic heterocycles. The van der Waals surface area contributed by atoms with Crippen LogP contribution in [0.2, 0.25) is 0 Å². The second kappa shape index (κ2) is 5.77. The number of benzene rings is 1. The van der Waals surface area contributed by atoms with Crippen LogP contribution < -0.4 is 0 Å². The molecular formula is C19H24N2O2. The van der Waals surface area contributed by atoms with Gasteiger partial charge in [-0.2, -0.15) is 0 Å². The first-order chi connectivity index (χ1) is 11.2. The number of rotatable bonds is 3. The molecule has 3 aliphatic rings. The molecule has 4 unspecified atom stereocenters. The molecule has 0 spiro atoms. The highest BCUT2D eigenvalue weighted by atomic mass is 16.3. The van der Waals surface area contributed by atoms with E-state index < -0.39 is 6.10 Å². The van der Waals surface area contributed by atoms with Crippen molar-refractivity contribution in [2.24, 2.45) is 11.8 Å². The fourth-order valence-corrected chi connectivity index (χ4v) is 4.59.